The van der Waals surface area contributed by atoms with Crippen LogP contribution in [-0.2, 0) is 13.1 Å². The van der Waals surface area contributed by atoms with E-state index < -0.39 is 0 Å². The maximum absolute atomic E-state index is 12.2. The fourth-order valence-electron chi connectivity index (χ4n) is 3.31. The number of hydrogen-bond donors (Lipinski definition) is 1. The molecule has 132 valence electrons. The number of benzene rings is 2. The van der Waals surface area contributed by atoms with Gasteiger partial charge in [-0.15, -0.1) is 0 Å². The highest BCUT2D eigenvalue weighted by atomic mass is 35.5. The van der Waals surface area contributed by atoms with Gasteiger partial charge in [0.15, 0.2) is 0 Å². The number of likely N-dealkylation sites (tertiary alicyclic amines) is 1. The smallest absolute Gasteiger partial charge is 0.253 e. The fourth-order valence-corrected chi connectivity index (χ4v) is 3.53. The molecule has 1 N–H and O–H groups in total. The Hall–Kier alpha value is -1.84. The lowest BCUT2D eigenvalue weighted by Crippen LogP contribution is -2.36. The molecule has 0 bridgehead atoms. The number of carbonyl (C=O) groups is 1. The summed E-state index contributed by atoms with van der Waals surface area (Å²) in [6.07, 6.45) is 3.95. The summed E-state index contributed by atoms with van der Waals surface area (Å²) in [5, 5.41) is 3.41. The van der Waals surface area contributed by atoms with Gasteiger partial charge < -0.3 is 5.32 Å². The van der Waals surface area contributed by atoms with Crippen molar-refractivity contribution in [3.63, 3.8) is 0 Å². The molecule has 1 amide bonds. The minimum absolute atomic E-state index is 0.142. The average molecular weight is 357 g/mol. The van der Waals surface area contributed by atoms with E-state index in [9.17, 15) is 4.79 Å². The third-order valence-electron chi connectivity index (χ3n) is 4.92. The summed E-state index contributed by atoms with van der Waals surface area (Å²) in [5.74, 6) is -0.142. The Kier molecular flexibility index (Phi) is 6.11. The number of nitrogens with one attached hydrogen (secondary N) is 1. The quantitative estimate of drug-likeness (QED) is 0.846. The first-order chi connectivity index (χ1) is 12.1. The highest BCUT2D eigenvalue weighted by Crippen LogP contribution is 2.19. The molecule has 25 heavy (non-hydrogen) atoms. The molecule has 4 heteroatoms. The van der Waals surface area contributed by atoms with E-state index in [1.165, 1.54) is 31.4 Å². The van der Waals surface area contributed by atoms with E-state index in [0.717, 1.165) is 12.1 Å². The molecule has 0 saturated carbocycles. The molecule has 0 spiro atoms. The minimum atomic E-state index is -0.142. The molecule has 1 saturated heterocycles. The van der Waals surface area contributed by atoms with Crippen molar-refractivity contribution in [2.24, 2.45) is 0 Å². The molecule has 1 aliphatic heterocycles. The number of piperidine rings is 1. The molecule has 3 rings (SSSR count). The van der Waals surface area contributed by atoms with Gasteiger partial charge in [0.25, 0.3) is 5.91 Å². The van der Waals surface area contributed by atoms with E-state index in [4.69, 9.17) is 11.6 Å². The molecule has 0 radical (unpaired) electrons. The van der Waals surface area contributed by atoms with Gasteiger partial charge in [0.1, 0.15) is 0 Å². The minimum Gasteiger partial charge on any atom is -0.348 e. The van der Waals surface area contributed by atoms with Crippen LogP contribution in [0.4, 0.5) is 0 Å². The molecule has 1 atom stereocenters. The first kappa shape index (κ1) is 18.0. The molecule has 1 heterocycles. The maximum atomic E-state index is 12.2. The third kappa shape index (κ3) is 4.83. The van der Waals surface area contributed by atoms with Crippen LogP contribution in [0, 0.1) is 0 Å². The monoisotopic (exact) mass is 356 g/mol. The maximum Gasteiger partial charge on any atom is 0.253 e. The SMILES string of the molecule is CC1CCCCN1Cc1ccc(CNC(=O)c2ccccc2Cl)cc1. The second-order valence-electron chi connectivity index (χ2n) is 6.79. The van der Waals surface area contributed by atoms with Gasteiger partial charge in [-0.2, -0.15) is 0 Å². The standard InChI is InChI=1S/C21H25ClN2O/c1-16-6-4-5-13-24(16)15-18-11-9-17(10-12-18)14-23-21(25)19-7-2-3-8-20(19)22/h2-3,7-12,16H,4-6,13-15H2,1H3,(H,23,25). The zero-order chi connectivity index (χ0) is 17.6. The largest absolute Gasteiger partial charge is 0.348 e. The average Bonchev–Trinajstić information content (AvgIpc) is 2.63. The number of nitrogens with zero attached hydrogens (tertiary/aromatic N) is 1. The Bertz CT molecular complexity index is 714. The molecule has 2 aromatic rings. The van der Waals surface area contributed by atoms with Crippen LogP contribution in [0.2, 0.25) is 5.02 Å². The van der Waals surface area contributed by atoms with Crippen LogP contribution in [0.1, 0.15) is 47.7 Å². The van der Waals surface area contributed by atoms with Gasteiger partial charge in [-0.1, -0.05) is 54.4 Å². The summed E-state index contributed by atoms with van der Waals surface area (Å²) < 4.78 is 0. The van der Waals surface area contributed by atoms with Gasteiger partial charge >= 0.3 is 0 Å². The normalized spacial score (nSPS) is 18.1. The number of amides is 1. The van der Waals surface area contributed by atoms with Crippen LogP contribution in [0.15, 0.2) is 48.5 Å². The second-order valence-corrected chi connectivity index (χ2v) is 7.20. The third-order valence-corrected chi connectivity index (χ3v) is 5.25. The van der Waals surface area contributed by atoms with Gasteiger partial charge in [-0.3, -0.25) is 9.69 Å². The van der Waals surface area contributed by atoms with Crippen molar-refractivity contribution in [1.82, 2.24) is 10.2 Å². The van der Waals surface area contributed by atoms with Gasteiger partial charge in [0.2, 0.25) is 0 Å². The first-order valence-corrected chi connectivity index (χ1v) is 9.36. The molecular weight excluding hydrogens is 332 g/mol. The highest BCUT2D eigenvalue weighted by Gasteiger charge is 2.18. The van der Waals surface area contributed by atoms with E-state index in [2.05, 4.69) is 41.4 Å². The highest BCUT2D eigenvalue weighted by molar-refractivity contribution is 6.33. The van der Waals surface area contributed by atoms with Crippen LogP contribution in [0.3, 0.4) is 0 Å². The molecule has 0 aliphatic carbocycles. The molecule has 2 aromatic carbocycles. The predicted octanol–water partition coefficient (Wildman–Crippen LogP) is 4.64. The first-order valence-electron chi connectivity index (χ1n) is 8.98. The van der Waals surface area contributed by atoms with Crippen LogP contribution in [0.5, 0.6) is 0 Å². The van der Waals surface area contributed by atoms with E-state index in [1.54, 1.807) is 12.1 Å². The summed E-state index contributed by atoms with van der Waals surface area (Å²) in [5.41, 5.74) is 2.94. The van der Waals surface area contributed by atoms with Crippen molar-refractivity contribution in [2.75, 3.05) is 6.54 Å². The van der Waals surface area contributed by atoms with Crippen molar-refractivity contribution in [2.45, 2.75) is 45.3 Å². The number of carbonyl (C=O) groups excluding carboxylic acids is 1. The van der Waals surface area contributed by atoms with Crippen LogP contribution < -0.4 is 5.32 Å². The molecule has 1 aliphatic rings. The van der Waals surface area contributed by atoms with Crippen molar-refractivity contribution in [3.05, 3.63) is 70.2 Å². The number of hydrogen-bond acceptors (Lipinski definition) is 2. The van der Waals surface area contributed by atoms with Crippen LogP contribution >= 0.6 is 11.6 Å². The van der Waals surface area contributed by atoms with Crippen molar-refractivity contribution in [1.29, 1.82) is 0 Å². The van der Waals surface area contributed by atoms with Crippen molar-refractivity contribution in [3.8, 4) is 0 Å². The summed E-state index contributed by atoms with van der Waals surface area (Å²) >= 11 is 6.06. The molecule has 1 fully saturated rings. The number of rotatable bonds is 5. The predicted molar refractivity (Wildman–Crippen MR) is 103 cm³/mol. The number of halogens is 1. The molecule has 3 nitrogen and oxygen atoms in total. The zero-order valence-electron chi connectivity index (χ0n) is 14.7. The second kappa shape index (κ2) is 8.50. The molecule has 1 unspecified atom stereocenters. The fraction of sp³-hybridized carbons (Fsp3) is 0.381. The summed E-state index contributed by atoms with van der Waals surface area (Å²) in [6, 6.07) is 16.3. The lowest BCUT2D eigenvalue weighted by Gasteiger charge is -2.33. The topological polar surface area (TPSA) is 32.3 Å². The Balaban J connectivity index is 1.54. The Morgan fingerprint density at radius 2 is 1.84 bits per heavy atom. The summed E-state index contributed by atoms with van der Waals surface area (Å²) in [4.78, 5) is 14.8. The van der Waals surface area contributed by atoms with Gasteiger partial charge in [-0.25, -0.2) is 0 Å². The summed E-state index contributed by atoms with van der Waals surface area (Å²) in [7, 11) is 0. The van der Waals surface area contributed by atoms with Gasteiger partial charge in [0.05, 0.1) is 10.6 Å². The van der Waals surface area contributed by atoms with E-state index in [0.29, 0.717) is 23.2 Å². The van der Waals surface area contributed by atoms with Crippen molar-refractivity contribution >= 4 is 17.5 Å². The molecule has 0 aromatic heterocycles. The van der Waals surface area contributed by atoms with Crippen LogP contribution in [-0.4, -0.2) is 23.4 Å². The zero-order valence-corrected chi connectivity index (χ0v) is 15.4. The van der Waals surface area contributed by atoms with Gasteiger partial charge in [-0.05, 0) is 49.6 Å². The Morgan fingerprint density at radius 3 is 2.56 bits per heavy atom. The van der Waals surface area contributed by atoms with E-state index >= 15 is 0 Å². The Morgan fingerprint density at radius 1 is 1.12 bits per heavy atom. The van der Waals surface area contributed by atoms with E-state index in [-0.39, 0.29) is 5.91 Å². The lowest BCUT2D eigenvalue weighted by atomic mass is 10.0. The van der Waals surface area contributed by atoms with Gasteiger partial charge in [0, 0.05) is 19.1 Å². The Labute approximate surface area is 155 Å². The van der Waals surface area contributed by atoms with Crippen LogP contribution in [0.25, 0.3) is 0 Å². The lowest BCUT2D eigenvalue weighted by molar-refractivity contribution is 0.0951. The van der Waals surface area contributed by atoms with Crippen molar-refractivity contribution < 1.29 is 4.79 Å². The molecular formula is C21H25ClN2O. The summed E-state index contributed by atoms with van der Waals surface area (Å²) in [6.45, 7) is 5.02. The van der Waals surface area contributed by atoms with E-state index in [1.807, 2.05) is 12.1 Å².